The van der Waals surface area contributed by atoms with Crippen molar-refractivity contribution in [2.75, 3.05) is 19.7 Å². The van der Waals surface area contributed by atoms with Gasteiger partial charge in [0.1, 0.15) is 11.6 Å². The monoisotopic (exact) mass is 305 g/mol. The molecular formula is C15H19N3O2S. The van der Waals surface area contributed by atoms with Crippen LogP contribution in [0, 0.1) is 0 Å². The van der Waals surface area contributed by atoms with Crippen molar-refractivity contribution in [3.05, 3.63) is 29.3 Å². The lowest BCUT2D eigenvalue weighted by atomic mass is 10.1. The summed E-state index contributed by atoms with van der Waals surface area (Å²) in [5.74, 6) is -0.0761. The van der Waals surface area contributed by atoms with Gasteiger partial charge in [-0.3, -0.25) is 4.79 Å². The second-order valence-corrected chi connectivity index (χ2v) is 6.23. The number of hydrogen-bond acceptors (Lipinski definition) is 5. The molecule has 1 saturated heterocycles. The van der Waals surface area contributed by atoms with E-state index >= 15 is 0 Å². The predicted octanol–water partition coefficient (Wildman–Crippen LogP) is 1.68. The van der Waals surface area contributed by atoms with Crippen molar-refractivity contribution in [1.82, 2.24) is 15.6 Å². The SMILES string of the molecule is O=C(COC1CCNCC1)NCc1nc2ccccc2s1. The number of hydrogen-bond donors (Lipinski definition) is 2. The Morgan fingerprint density at radius 1 is 1.38 bits per heavy atom. The molecule has 3 rings (SSSR count). The maximum absolute atomic E-state index is 11.8. The molecule has 1 aliphatic heterocycles. The fourth-order valence-corrected chi connectivity index (χ4v) is 3.28. The number of carbonyl (C=O) groups is 1. The van der Waals surface area contributed by atoms with Crippen LogP contribution in [0.25, 0.3) is 10.2 Å². The van der Waals surface area contributed by atoms with Gasteiger partial charge in [0.05, 0.1) is 22.9 Å². The van der Waals surface area contributed by atoms with Crippen molar-refractivity contribution in [2.24, 2.45) is 0 Å². The highest BCUT2D eigenvalue weighted by Gasteiger charge is 2.14. The summed E-state index contributed by atoms with van der Waals surface area (Å²) in [5.41, 5.74) is 0.984. The van der Waals surface area contributed by atoms with E-state index in [4.69, 9.17) is 4.74 Å². The second-order valence-electron chi connectivity index (χ2n) is 5.11. The highest BCUT2D eigenvalue weighted by Crippen LogP contribution is 2.21. The van der Waals surface area contributed by atoms with E-state index in [1.165, 1.54) is 0 Å². The highest BCUT2D eigenvalue weighted by molar-refractivity contribution is 7.18. The number of amides is 1. The van der Waals surface area contributed by atoms with Crippen LogP contribution in [0.2, 0.25) is 0 Å². The van der Waals surface area contributed by atoms with Gasteiger partial charge in [0.25, 0.3) is 0 Å². The summed E-state index contributed by atoms with van der Waals surface area (Å²) in [7, 11) is 0. The van der Waals surface area contributed by atoms with Crippen LogP contribution in [-0.4, -0.2) is 36.7 Å². The summed E-state index contributed by atoms with van der Waals surface area (Å²) < 4.78 is 6.77. The third-order valence-corrected chi connectivity index (χ3v) is 4.55. The largest absolute Gasteiger partial charge is 0.368 e. The van der Waals surface area contributed by atoms with Crippen molar-refractivity contribution in [2.45, 2.75) is 25.5 Å². The Hall–Kier alpha value is -1.50. The van der Waals surface area contributed by atoms with E-state index in [1.54, 1.807) is 11.3 Å². The molecule has 2 N–H and O–H groups in total. The predicted molar refractivity (Wildman–Crippen MR) is 83.3 cm³/mol. The Kier molecular flexibility index (Phi) is 4.80. The molecule has 2 heterocycles. The fourth-order valence-electron chi connectivity index (χ4n) is 2.38. The maximum Gasteiger partial charge on any atom is 0.246 e. The van der Waals surface area contributed by atoms with Gasteiger partial charge in [0, 0.05) is 0 Å². The van der Waals surface area contributed by atoms with E-state index in [-0.39, 0.29) is 18.6 Å². The molecule has 0 saturated carbocycles. The van der Waals surface area contributed by atoms with Crippen molar-refractivity contribution in [3.8, 4) is 0 Å². The normalized spacial score (nSPS) is 16.2. The van der Waals surface area contributed by atoms with Crippen molar-refractivity contribution < 1.29 is 9.53 Å². The molecule has 1 amide bonds. The van der Waals surface area contributed by atoms with E-state index in [2.05, 4.69) is 15.6 Å². The highest BCUT2D eigenvalue weighted by atomic mass is 32.1. The minimum absolute atomic E-state index is 0.0761. The number of carbonyl (C=O) groups excluding carboxylic acids is 1. The minimum Gasteiger partial charge on any atom is -0.368 e. The fraction of sp³-hybridized carbons (Fsp3) is 0.467. The van der Waals surface area contributed by atoms with Gasteiger partial charge >= 0.3 is 0 Å². The summed E-state index contributed by atoms with van der Waals surface area (Å²) in [5, 5.41) is 7.06. The molecule has 5 nitrogen and oxygen atoms in total. The minimum atomic E-state index is -0.0761. The van der Waals surface area contributed by atoms with Gasteiger partial charge in [-0.2, -0.15) is 0 Å². The lowest BCUT2D eigenvalue weighted by Gasteiger charge is -2.22. The lowest BCUT2D eigenvalue weighted by molar-refractivity contribution is -0.128. The van der Waals surface area contributed by atoms with Gasteiger partial charge < -0.3 is 15.4 Å². The number of nitrogens with one attached hydrogen (secondary N) is 2. The zero-order chi connectivity index (χ0) is 14.5. The number of fused-ring (bicyclic) bond motifs is 1. The van der Waals surface area contributed by atoms with E-state index in [0.717, 1.165) is 41.2 Å². The van der Waals surface area contributed by atoms with E-state index < -0.39 is 0 Å². The average Bonchev–Trinajstić information content (AvgIpc) is 2.95. The average molecular weight is 305 g/mol. The van der Waals surface area contributed by atoms with Gasteiger partial charge in [-0.25, -0.2) is 4.98 Å². The molecule has 0 aliphatic carbocycles. The molecule has 0 unspecified atom stereocenters. The second kappa shape index (κ2) is 6.98. The van der Waals surface area contributed by atoms with Gasteiger partial charge in [-0.15, -0.1) is 11.3 Å². The smallest absolute Gasteiger partial charge is 0.246 e. The maximum atomic E-state index is 11.8. The topological polar surface area (TPSA) is 63.2 Å². The number of para-hydroxylation sites is 1. The molecule has 6 heteroatoms. The molecule has 0 radical (unpaired) electrons. The zero-order valence-electron chi connectivity index (χ0n) is 11.8. The first-order chi connectivity index (χ1) is 10.3. The molecule has 1 fully saturated rings. The third-order valence-electron chi connectivity index (χ3n) is 3.51. The van der Waals surface area contributed by atoms with E-state index in [0.29, 0.717) is 6.54 Å². The quantitative estimate of drug-likeness (QED) is 0.882. The summed E-state index contributed by atoms with van der Waals surface area (Å²) in [4.78, 5) is 16.3. The number of nitrogens with zero attached hydrogens (tertiary/aromatic N) is 1. The van der Waals surface area contributed by atoms with E-state index in [9.17, 15) is 4.79 Å². The first-order valence-corrected chi connectivity index (χ1v) is 8.06. The van der Waals surface area contributed by atoms with Crippen LogP contribution in [-0.2, 0) is 16.1 Å². The first kappa shape index (κ1) is 14.4. The summed E-state index contributed by atoms with van der Waals surface area (Å²) in [6.45, 7) is 2.54. The van der Waals surface area contributed by atoms with Crippen LogP contribution in [0.4, 0.5) is 0 Å². The Balaban J connectivity index is 1.44. The molecule has 21 heavy (non-hydrogen) atoms. The van der Waals surface area contributed by atoms with Crippen LogP contribution >= 0.6 is 11.3 Å². The first-order valence-electron chi connectivity index (χ1n) is 7.25. The number of rotatable bonds is 5. The van der Waals surface area contributed by atoms with Gasteiger partial charge in [-0.05, 0) is 38.1 Å². The van der Waals surface area contributed by atoms with Gasteiger partial charge in [0.15, 0.2) is 0 Å². The third kappa shape index (κ3) is 4.00. The van der Waals surface area contributed by atoms with Crippen molar-refractivity contribution in [1.29, 1.82) is 0 Å². The molecular weight excluding hydrogens is 286 g/mol. The molecule has 1 aliphatic rings. The summed E-state index contributed by atoms with van der Waals surface area (Å²) >= 11 is 1.61. The zero-order valence-corrected chi connectivity index (χ0v) is 12.6. The van der Waals surface area contributed by atoms with E-state index in [1.807, 2.05) is 24.3 Å². The van der Waals surface area contributed by atoms with Gasteiger partial charge in [0.2, 0.25) is 5.91 Å². The van der Waals surface area contributed by atoms with Crippen LogP contribution in [0.1, 0.15) is 17.8 Å². The molecule has 0 bridgehead atoms. The van der Waals surface area contributed by atoms with Crippen LogP contribution in [0.3, 0.4) is 0 Å². The molecule has 1 aromatic heterocycles. The Labute approximate surface area is 127 Å². The number of ether oxygens (including phenoxy) is 1. The Bertz CT molecular complexity index is 575. The number of thiazole rings is 1. The number of benzene rings is 1. The summed E-state index contributed by atoms with van der Waals surface area (Å²) in [6, 6.07) is 7.99. The number of aromatic nitrogens is 1. The Morgan fingerprint density at radius 3 is 3.00 bits per heavy atom. The molecule has 0 atom stereocenters. The standard InChI is InChI=1S/C15H19N3O2S/c19-14(10-20-11-5-7-16-8-6-11)17-9-15-18-12-3-1-2-4-13(12)21-15/h1-4,11,16H,5-10H2,(H,17,19). The number of piperidine rings is 1. The van der Waals surface area contributed by atoms with Crippen LogP contribution in [0.5, 0.6) is 0 Å². The van der Waals surface area contributed by atoms with Crippen LogP contribution < -0.4 is 10.6 Å². The van der Waals surface area contributed by atoms with Crippen molar-refractivity contribution >= 4 is 27.5 Å². The van der Waals surface area contributed by atoms with Gasteiger partial charge in [-0.1, -0.05) is 12.1 Å². The lowest BCUT2D eigenvalue weighted by Crippen LogP contribution is -2.35. The molecule has 1 aromatic carbocycles. The summed E-state index contributed by atoms with van der Waals surface area (Å²) in [6.07, 6.45) is 2.16. The van der Waals surface area contributed by atoms with Crippen LogP contribution in [0.15, 0.2) is 24.3 Å². The van der Waals surface area contributed by atoms with Crippen molar-refractivity contribution in [3.63, 3.8) is 0 Å². The molecule has 112 valence electrons. The molecule has 0 spiro atoms. The molecule has 2 aromatic rings. The Morgan fingerprint density at radius 2 is 2.19 bits per heavy atom.